The van der Waals surface area contributed by atoms with E-state index in [1.54, 1.807) is 0 Å². The summed E-state index contributed by atoms with van der Waals surface area (Å²) in [6.45, 7) is 3.27. The van der Waals surface area contributed by atoms with Crippen molar-refractivity contribution in [3.8, 4) is 0 Å². The van der Waals surface area contributed by atoms with E-state index in [2.05, 4.69) is 72.5 Å². The Balaban J connectivity index is 2.12. The fraction of sp³-hybridized carbons (Fsp3) is 0.176. The van der Waals surface area contributed by atoms with Crippen molar-refractivity contribution in [2.75, 3.05) is 12.4 Å². The normalized spacial score (nSPS) is 15.1. The van der Waals surface area contributed by atoms with Gasteiger partial charge in [0.25, 0.3) is 0 Å². The molecule has 19 heavy (non-hydrogen) atoms. The van der Waals surface area contributed by atoms with Crippen LogP contribution in [0.5, 0.6) is 0 Å². The van der Waals surface area contributed by atoms with Gasteiger partial charge in [-0.25, -0.2) is 0 Å². The van der Waals surface area contributed by atoms with Crippen LogP contribution in [-0.2, 0) is 0 Å². The summed E-state index contributed by atoms with van der Waals surface area (Å²) in [6, 6.07) is 21.4. The molecule has 0 unspecified atom stereocenters. The van der Waals surface area contributed by atoms with Crippen molar-refractivity contribution < 1.29 is 0 Å². The second kappa shape index (κ2) is 5.54. The smallest absolute Gasteiger partial charge is 0.0687 e. The van der Waals surface area contributed by atoms with Crippen molar-refractivity contribution >= 4 is 22.4 Å². The van der Waals surface area contributed by atoms with Crippen LogP contribution in [0.2, 0.25) is 0 Å². The second-order valence-electron chi connectivity index (χ2n) is 4.54. The van der Waals surface area contributed by atoms with E-state index >= 15 is 0 Å². The van der Waals surface area contributed by atoms with Crippen molar-refractivity contribution in [2.24, 2.45) is 0 Å². The monoisotopic (exact) mass is 267 g/mol. The lowest BCUT2D eigenvalue weighted by molar-refractivity contribution is 0.498. The summed E-state index contributed by atoms with van der Waals surface area (Å²) < 4.78 is 0. The zero-order valence-electron chi connectivity index (χ0n) is 11.0. The summed E-state index contributed by atoms with van der Waals surface area (Å²) in [4.78, 5) is 3.84. The Bertz CT molecular complexity index is 575. The number of rotatable bonds is 3. The van der Waals surface area contributed by atoms with Crippen molar-refractivity contribution in [2.45, 2.75) is 6.92 Å². The van der Waals surface area contributed by atoms with Gasteiger partial charge in [0.05, 0.1) is 11.6 Å². The molecule has 2 heteroatoms. The Labute approximate surface area is 119 Å². The fourth-order valence-electron chi connectivity index (χ4n) is 2.39. The van der Waals surface area contributed by atoms with Crippen LogP contribution in [-0.4, -0.2) is 17.3 Å². The summed E-state index contributed by atoms with van der Waals surface area (Å²) >= 11 is 1.94. The molecule has 0 fully saturated rings. The maximum Gasteiger partial charge on any atom is 0.0687 e. The van der Waals surface area contributed by atoms with E-state index in [0.717, 1.165) is 12.4 Å². The molecular weight excluding hydrogens is 250 g/mol. The van der Waals surface area contributed by atoms with Crippen LogP contribution in [0.4, 0.5) is 0 Å². The van der Waals surface area contributed by atoms with Crippen LogP contribution in [0, 0.1) is 0 Å². The van der Waals surface area contributed by atoms with Crippen LogP contribution in [0.1, 0.15) is 18.1 Å². The van der Waals surface area contributed by atoms with Crippen LogP contribution in [0.3, 0.4) is 0 Å². The van der Waals surface area contributed by atoms with Crippen LogP contribution < -0.4 is 0 Å². The van der Waals surface area contributed by atoms with E-state index in [-0.39, 0.29) is 0 Å². The van der Waals surface area contributed by atoms with Gasteiger partial charge in [-0.1, -0.05) is 60.7 Å². The van der Waals surface area contributed by atoms with E-state index in [4.69, 9.17) is 0 Å². The molecule has 0 saturated carbocycles. The quantitative estimate of drug-likeness (QED) is 0.803. The Morgan fingerprint density at radius 1 is 0.895 bits per heavy atom. The zero-order valence-corrected chi connectivity index (χ0v) is 11.9. The van der Waals surface area contributed by atoms with E-state index < -0.39 is 0 Å². The first-order valence-electron chi connectivity index (χ1n) is 6.63. The third kappa shape index (κ3) is 2.41. The highest BCUT2D eigenvalue weighted by Gasteiger charge is 2.23. The maximum atomic E-state index is 2.45. The lowest BCUT2D eigenvalue weighted by atomic mass is 10.1. The molecule has 1 heterocycles. The first-order valence-corrected chi connectivity index (χ1v) is 7.61. The lowest BCUT2D eigenvalue weighted by Crippen LogP contribution is -2.17. The molecule has 1 aliphatic rings. The van der Waals surface area contributed by atoms with Gasteiger partial charge < -0.3 is 4.90 Å². The summed E-state index contributed by atoms with van der Waals surface area (Å²) in [5.74, 6) is 1.05. The number of hydrogen-bond donors (Lipinski definition) is 0. The Morgan fingerprint density at radius 2 is 1.47 bits per heavy atom. The molecule has 0 radical (unpaired) electrons. The maximum absolute atomic E-state index is 2.45. The topological polar surface area (TPSA) is 3.24 Å². The fourth-order valence-corrected chi connectivity index (χ4v) is 3.67. The number of thioether (sulfide) groups is 1. The lowest BCUT2D eigenvalue weighted by Gasteiger charge is -2.20. The predicted molar refractivity (Wildman–Crippen MR) is 84.5 cm³/mol. The summed E-state index contributed by atoms with van der Waals surface area (Å²) in [6.07, 6.45) is 0. The third-order valence-electron chi connectivity index (χ3n) is 3.36. The molecule has 3 rings (SSSR count). The molecule has 96 valence electrons. The average molecular weight is 267 g/mol. The highest BCUT2D eigenvalue weighted by Crippen LogP contribution is 2.43. The summed E-state index contributed by atoms with van der Waals surface area (Å²) in [5.41, 5.74) is 4.01. The van der Waals surface area contributed by atoms with Gasteiger partial charge in [-0.2, -0.15) is 0 Å². The van der Waals surface area contributed by atoms with Crippen molar-refractivity contribution in [1.29, 1.82) is 0 Å². The molecule has 1 aliphatic heterocycles. The molecule has 2 aromatic carbocycles. The highest BCUT2D eigenvalue weighted by atomic mass is 32.2. The molecule has 0 aliphatic carbocycles. The number of benzene rings is 2. The van der Waals surface area contributed by atoms with Gasteiger partial charge in [0.1, 0.15) is 0 Å². The van der Waals surface area contributed by atoms with Gasteiger partial charge in [0.2, 0.25) is 0 Å². The zero-order chi connectivity index (χ0) is 13.1. The first kappa shape index (κ1) is 12.4. The average Bonchev–Trinajstić information content (AvgIpc) is 2.93. The van der Waals surface area contributed by atoms with Gasteiger partial charge in [-0.15, -0.1) is 11.8 Å². The SMILES string of the molecule is CCN1CSC(c2ccccc2)=C1c1ccccc1. The molecule has 0 aromatic heterocycles. The second-order valence-corrected chi connectivity index (χ2v) is 5.49. The molecule has 2 aromatic rings. The highest BCUT2D eigenvalue weighted by molar-refractivity contribution is 8.08. The molecule has 0 bridgehead atoms. The minimum Gasteiger partial charge on any atom is -0.361 e. The van der Waals surface area contributed by atoms with Gasteiger partial charge in [-0.3, -0.25) is 0 Å². The van der Waals surface area contributed by atoms with Crippen LogP contribution in [0.15, 0.2) is 60.7 Å². The molecular formula is C17H17NS. The van der Waals surface area contributed by atoms with Gasteiger partial charge in [0.15, 0.2) is 0 Å². The molecule has 0 saturated heterocycles. The van der Waals surface area contributed by atoms with Crippen molar-refractivity contribution in [3.63, 3.8) is 0 Å². The summed E-state index contributed by atoms with van der Waals surface area (Å²) in [5, 5.41) is 0. The molecule has 0 amide bonds. The number of nitrogens with zero attached hydrogens (tertiary/aromatic N) is 1. The minimum absolute atomic E-state index is 1.05. The van der Waals surface area contributed by atoms with Gasteiger partial charge >= 0.3 is 0 Å². The Kier molecular flexibility index (Phi) is 3.60. The molecule has 0 atom stereocenters. The van der Waals surface area contributed by atoms with E-state index in [0.29, 0.717) is 0 Å². The van der Waals surface area contributed by atoms with E-state index in [9.17, 15) is 0 Å². The van der Waals surface area contributed by atoms with Gasteiger partial charge in [-0.05, 0) is 18.1 Å². The standard InChI is InChI=1S/C17H17NS/c1-2-18-13-19-17(15-11-7-4-8-12-15)16(18)14-9-5-3-6-10-14/h3-12H,2,13H2,1H3. The Hall–Kier alpha value is -1.67. The van der Waals surface area contributed by atoms with Crippen molar-refractivity contribution in [1.82, 2.24) is 4.90 Å². The number of hydrogen-bond acceptors (Lipinski definition) is 2. The van der Waals surface area contributed by atoms with Gasteiger partial charge in [0, 0.05) is 11.4 Å². The molecule has 1 nitrogen and oxygen atoms in total. The van der Waals surface area contributed by atoms with E-state index in [1.807, 2.05) is 11.8 Å². The first-order chi connectivity index (χ1) is 9.40. The summed E-state index contributed by atoms with van der Waals surface area (Å²) in [7, 11) is 0. The largest absolute Gasteiger partial charge is 0.361 e. The predicted octanol–water partition coefficient (Wildman–Crippen LogP) is 4.54. The minimum atomic E-state index is 1.05. The van der Waals surface area contributed by atoms with Crippen LogP contribution in [0.25, 0.3) is 10.6 Å². The molecule has 0 spiro atoms. The molecule has 0 N–H and O–H groups in total. The Morgan fingerprint density at radius 3 is 2.05 bits per heavy atom. The van der Waals surface area contributed by atoms with Crippen LogP contribution >= 0.6 is 11.8 Å². The van der Waals surface area contributed by atoms with E-state index in [1.165, 1.54) is 21.7 Å². The van der Waals surface area contributed by atoms with Crippen molar-refractivity contribution in [3.05, 3.63) is 71.8 Å². The third-order valence-corrected chi connectivity index (χ3v) is 4.52.